The normalized spacial score (nSPS) is 10.8. The molecule has 1 N–H and O–H groups in total. The molecule has 16 heavy (non-hydrogen) atoms. The van der Waals surface area contributed by atoms with Gasteiger partial charge in [0.15, 0.2) is 0 Å². The van der Waals surface area contributed by atoms with Crippen LogP contribution >= 0.6 is 15.9 Å². The monoisotopic (exact) mass is 285 g/mol. The lowest BCUT2D eigenvalue weighted by Gasteiger charge is -2.12. The molecular weight excluding hydrogens is 266 g/mol. The minimum Gasteiger partial charge on any atom is -0.494 e. The topological polar surface area (TPSA) is 21.3 Å². The summed E-state index contributed by atoms with van der Waals surface area (Å²) < 4.78 is 6.74. The quantitative estimate of drug-likeness (QED) is 0.860. The summed E-state index contributed by atoms with van der Waals surface area (Å²) >= 11 is 3.55. The number of hydrogen-bond donors (Lipinski definition) is 1. The predicted octanol–water partition coefficient (Wildman–Crippen LogP) is 3.74. The molecule has 0 saturated carbocycles. The fourth-order valence-electron chi connectivity index (χ4n) is 1.31. The van der Waals surface area contributed by atoms with E-state index >= 15 is 0 Å². The first-order valence-corrected chi connectivity index (χ1v) is 6.57. The Bertz CT molecular complexity index is 326. The Labute approximate surface area is 107 Å². The lowest BCUT2D eigenvalue weighted by atomic mass is 10.2. The van der Waals surface area contributed by atoms with Gasteiger partial charge in [0.25, 0.3) is 0 Å². The molecule has 1 aromatic carbocycles. The molecule has 0 aliphatic carbocycles. The van der Waals surface area contributed by atoms with Crippen LogP contribution < -0.4 is 10.1 Å². The van der Waals surface area contributed by atoms with Gasteiger partial charge >= 0.3 is 0 Å². The zero-order valence-corrected chi connectivity index (χ0v) is 11.8. The first kappa shape index (κ1) is 13.5. The van der Waals surface area contributed by atoms with Gasteiger partial charge in [0, 0.05) is 17.1 Å². The third kappa shape index (κ3) is 4.54. The molecule has 0 unspecified atom stereocenters. The van der Waals surface area contributed by atoms with Gasteiger partial charge in [-0.3, -0.25) is 0 Å². The molecule has 0 heterocycles. The number of nitrogens with one attached hydrogen (secondary N) is 1. The molecular formula is C13H20BrNO. The number of rotatable bonds is 6. The summed E-state index contributed by atoms with van der Waals surface area (Å²) in [6, 6.07) is 6.63. The van der Waals surface area contributed by atoms with E-state index in [2.05, 4.69) is 48.1 Å². The van der Waals surface area contributed by atoms with E-state index in [0.29, 0.717) is 6.04 Å². The largest absolute Gasteiger partial charge is 0.494 e. The SMILES string of the molecule is CCCOc1ccc(Br)c(CNC(C)C)c1. The van der Waals surface area contributed by atoms with Gasteiger partial charge in [-0.25, -0.2) is 0 Å². The Morgan fingerprint density at radius 1 is 1.38 bits per heavy atom. The van der Waals surface area contributed by atoms with Crippen molar-refractivity contribution in [2.24, 2.45) is 0 Å². The molecule has 0 bridgehead atoms. The Balaban J connectivity index is 2.66. The molecule has 90 valence electrons. The highest BCUT2D eigenvalue weighted by molar-refractivity contribution is 9.10. The first-order chi connectivity index (χ1) is 7.63. The van der Waals surface area contributed by atoms with Crippen molar-refractivity contribution in [3.05, 3.63) is 28.2 Å². The van der Waals surface area contributed by atoms with Crippen molar-refractivity contribution in [1.82, 2.24) is 5.32 Å². The molecule has 2 nitrogen and oxygen atoms in total. The maximum Gasteiger partial charge on any atom is 0.119 e. The molecule has 0 aliphatic rings. The molecule has 3 heteroatoms. The van der Waals surface area contributed by atoms with Crippen LogP contribution in [0.1, 0.15) is 32.8 Å². The van der Waals surface area contributed by atoms with Gasteiger partial charge < -0.3 is 10.1 Å². The van der Waals surface area contributed by atoms with Gasteiger partial charge in [0.05, 0.1) is 6.61 Å². The van der Waals surface area contributed by atoms with Crippen molar-refractivity contribution in [1.29, 1.82) is 0 Å². The molecule has 1 rings (SSSR count). The fourth-order valence-corrected chi connectivity index (χ4v) is 1.70. The maximum atomic E-state index is 5.61. The van der Waals surface area contributed by atoms with E-state index < -0.39 is 0 Å². The third-order valence-corrected chi connectivity index (χ3v) is 2.96. The highest BCUT2D eigenvalue weighted by atomic mass is 79.9. The van der Waals surface area contributed by atoms with E-state index in [1.165, 1.54) is 5.56 Å². The number of benzene rings is 1. The van der Waals surface area contributed by atoms with E-state index in [1.807, 2.05) is 12.1 Å². The third-order valence-electron chi connectivity index (χ3n) is 2.19. The average molecular weight is 286 g/mol. The maximum absolute atomic E-state index is 5.61. The second kappa shape index (κ2) is 6.92. The highest BCUT2D eigenvalue weighted by Gasteiger charge is 2.03. The zero-order chi connectivity index (χ0) is 12.0. The van der Waals surface area contributed by atoms with Crippen molar-refractivity contribution in [2.45, 2.75) is 39.8 Å². The fraction of sp³-hybridized carbons (Fsp3) is 0.538. The average Bonchev–Trinajstić information content (AvgIpc) is 2.26. The van der Waals surface area contributed by atoms with E-state index in [9.17, 15) is 0 Å². The lowest BCUT2D eigenvalue weighted by Crippen LogP contribution is -2.22. The number of ether oxygens (including phenoxy) is 1. The lowest BCUT2D eigenvalue weighted by molar-refractivity contribution is 0.317. The van der Waals surface area contributed by atoms with Crippen LogP contribution in [0.3, 0.4) is 0 Å². The molecule has 0 aromatic heterocycles. The van der Waals surface area contributed by atoms with Gasteiger partial charge in [-0.05, 0) is 30.2 Å². The van der Waals surface area contributed by atoms with Gasteiger partial charge in [0.2, 0.25) is 0 Å². The Morgan fingerprint density at radius 2 is 2.12 bits per heavy atom. The summed E-state index contributed by atoms with van der Waals surface area (Å²) in [6.07, 6.45) is 1.04. The molecule has 0 saturated heterocycles. The van der Waals surface area contributed by atoms with Crippen LogP contribution in [-0.4, -0.2) is 12.6 Å². The van der Waals surface area contributed by atoms with E-state index in [-0.39, 0.29) is 0 Å². The van der Waals surface area contributed by atoms with E-state index in [4.69, 9.17) is 4.74 Å². The molecule has 0 atom stereocenters. The van der Waals surface area contributed by atoms with Crippen molar-refractivity contribution in [3.63, 3.8) is 0 Å². The first-order valence-electron chi connectivity index (χ1n) is 5.78. The molecule has 0 aliphatic heterocycles. The van der Waals surface area contributed by atoms with Gasteiger partial charge in [-0.15, -0.1) is 0 Å². The second-order valence-electron chi connectivity index (χ2n) is 4.14. The van der Waals surface area contributed by atoms with Gasteiger partial charge in [-0.1, -0.05) is 36.7 Å². The molecule has 0 spiro atoms. The Hall–Kier alpha value is -0.540. The molecule has 0 fully saturated rings. The zero-order valence-electron chi connectivity index (χ0n) is 10.2. The minimum absolute atomic E-state index is 0.493. The molecule has 0 radical (unpaired) electrons. The van der Waals surface area contributed by atoms with Crippen molar-refractivity contribution < 1.29 is 4.74 Å². The summed E-state index contributed by atoms with van der Waals surface area (Å²) in [5.41, 5.74) is 1.24. The van der Waals surface area contributed by atoms with Crippen molar-refractivity contribution in [3.8, 4) is 5.75 Å². The van der Waals surface area contributed by atoms with Crippen molar-refractivity contribution >= 4 is 15.9 Å². The molecule has 0 amide bonds. The van der Waals surface area contributed by atoms with Crippen LogP contribution in [0.25, 0.3) is 0 Å². The Morgan fingerprint density at radius 3 is 2.75 bits per heavy atom. The summed E-state index contributed by atoms with van der Waals surface area (Å²) in [5, 5.41) is 3.40. The van der Waals surface area contributed by atoms with Crippen LogP contribution in [0.15, 0.2) is 22.7 Å². The molecule has 1 aromatic rings. The van der Waals surface area contributed by atoms with Gasteiger partial charge in [0.1, 0.15) is 5.75 Å². The summed E-state index contributed by atoms with van der Waals surface area (Å²) in [6.45, 7) is 8.04. The number of hydrogen-bond acceptors (Lipinski definition) is 2. The predicted molar refractivity (Wildman–Crippen MR) is 71.9 cm³/mol. The van der Waals surface area contributed by atoms with Crippen LogP contribution in [0.4, 0.5) is 0 Å². The summed E-state index contributed by atoms with van der Waals surface area (Å²) in [7, 11) is 0. The van der Waals surface area contributed by atoms with Crippen LogP contribution in [0, 0.1) is 0 Å². The van der Waals surface area contributed by atoms with E-state index in [0.717, 1.165) is 29.8 Å². The minimum atomic E-state index is 0.493. The summed E-state index contributed by atoms with van der Waals surface area (Å²) in [4.78, 5) is 0. The van der Waals surface area contributed by atoms with Crippen LogP contribution in [0.2, 0.25) is 0 Å². The standard InChI is InChI=1S/C13H20BrNO/c1-4-7-16-12-5-6-13(14)11(8-12)9-15-10(2)3/h5-6,8,10,15H,4,7,9H2,1-3H3. The Kier molecular flexibility index (Phi) is 5.85. The summed E-state index contributed by atoms with van der Waals surface area (Å²) in [5.74, 6) is 0.950. The smallest absolute Gasteiger partial charge is 0.119 e. The van der Waals surface area contributed by atoms with Crippen LogP contribution in [0.5, 0.6) is 5.75 Å². The van der Waals surface area contributed by atoms with E-state index in [1.54, 1.807) is 0 Å². The van der Waals surface area contributed by atoms with Crippen LogP contribution in [-0.2, 0) is 6.54 Å². The highest BCUT2D eigenvalue weighted by Crippen LogP contribution is 2.22. The van der Waals surface area contributed by atoms with Crippen molar-refractivity contribution in [2.75, 3.05) is 6.61 Å². The van der Waals surface area contributed by atoms with Gasteiger partial charge in [-0.2, -0.15) is 0 Å². The second-order valence-corrected chi connectivity index (χ2v) is 4.99. The number of halogens is 1.